The van der Waals surface area contributed by atoms with E-state index in [1.807, 2.05) is 6.07 Å². The minimum absolute atomic E-state index is 0.0608. The summed E-state index contributed by atoms with van der Waals surface area (Å²) >= 11 is 0. The molecule has 1 saturated carbocycles. The van der Waals surface area contributed by atoms with Gasteiger partial charge in [-0.05, 0) is 23.6 Å². The van der Waals surface area contributed by atoms with Crippen LogP contribution in [0.4, 0.5) is 5.69 Å². The summed E-state index contributed by atoms with van der Waals surface area (Å²) in [6, 6.07) is 8.29. The molecule has 5 aliphatic heterocycles. The normalized spacial score (nSPS) is 44.7. The number of hydrogen-bond donors (Lipinski definition) is 0. The first-order valence-corrected chi connectivity index (χ1v) is 9.72. The molecule has 3 saturated heterocycles. The number of piperidine rings is 2. The Hall–Kier alpha value is -1.98. The number of fused-ring (bicyclic) bond motifs is 2. The van der Waals surface area contributed by atoms with E-state index in [4.69, 9.17) is 4.74 Å². The fourth-order valence-corrected chi connectivity index (χ4v) is 7.31. The quantitative estimate of drug-likeness (QED) is 0.663. The molecule has 5 nitrogen and oxygen atoms in total. The zero-order valence-corrected chi connectivity index (χ0v) is 14.4. The molecule has 1 spiro atoms. The van der Waals surface area contributed by atoms with Crippen LogP contribution < -0.4 is 4.90 Å². The average Bonchev–Trinajstić information content (AvgIpc) is 3.10. The maximum atomic E-state index is 13.7. The molecule has 5 heterocycles. The summed E-state index contributed by atoms with van der Waals surface area (Å²) in [5, 5.41) is 0. The maximum absolute atomic E-state index is 13.7. The minimum Gasteiger partial charge on any atom is -0.373 e. The number of nitrogens with zero attached hydrogens (tertiary/aromatic N) is 2. The lowest BCUT2D eigenvalue weighted by Crippen LogP contribution is -2.72. The zero-order chi connectivity index (χ0) is 17.2. The number of Topliss-reactive ketones (excluding diaryl/α,β-unsaturated/α-hetero) is 1. The van der Waals surface area contributed by atoms with Crippen LogP contribution in [0.25, 0.3) is 0 Å². The first kappa shape index (κ1) is 14.1. The predicted molar refractivity (Wildman–Crippen MR) is 93.8 cm³/mol. The van der Waals surface area contributed by atoms with Crippen LogP contribution in [0.15, 0.2) is 35.9 Å². The molecule has 1 aromatic rings. The minimum atomic E-state index is -0.248. The highest BCUT2D eigenvalue weighted by Crippen LogP contribution is 2.64. The summed E-state index contributed by atoms with van der Waals surface area (Å²) in [6.07, 6.45) is 3.34. The Morgan fingerprint density at radius 2 is 2.08 bits per heavy atom. The van der Waals surface area contributed by atoms with Crippen LogP contribution in [0.1, 0.15) is 18.4 Å². The van der Waals surface area contributed by atoms with E-state index in [1.54, 1.807) is 0 Å². The number of ketones is 1. The molecule has 26 heavy (non-hydrogen) atoms. The Morgan fingerprint density at radius 3 is 3.00 bits per heavy atom. The van der Waals surface area contributed by atoms with E-state index in [1.165, 1.54) is 11.1 Å². The third kappa shape index (κ3) is 1.28. The highest BCUT2D eigenvalue weighted by molar-refractivity contribution is 6.03. The van der Waals surface area contributed by atoms with Gasteiger partial charge in [0.15, 0.2) is 5.78 Å². The number of benzene rings is 1. The molecule has 0 radical (unpaired) electrons. The van der Waals surface area contributed by atoms with Gasteiger partial charge in [-0.3, -0.25) is 14.5 Å². The van der Waals surface area contributed by atoms with E-state index in [-0.39, 0.29) is 41.3 Å². The van der Waals surface area contributed by atoms with Gasteiger partial charge in [0.1, 0.15) is 0 Å². The molecule has 4 fully saturated rings. The number of carbonyl (C=O) groups is 2. The standard InChI is InChI=1S/C21H20N2O3/c24-15-9-14-17-16-11(5-8-26-14)10-22-7-6-21(20(22)18(16)25)12-3-1-2-4-13(12)23(15)19(17)21/h1-5,14,16-17,19-20H,6-10H2/t14?,16-,17+,19?,20+,21+/m0/s1. The smallest absolute Gasteiger partial charge is 0.229 e. The summed E-state index contributed by atoms with van der Waals surface area (Å²) in [6.45, 7) is 2.35. The number of anilines is 1. The number of hydrogen-bond acceptors (Lipinski definition) is 4. The van der Waals surface area contributed by atoms with Gasteiger partial charge in [0.25, 0.3) is 0 Å². The summed E-state index contributed by atoms with van der Waals surface area (Å²) < 4.78 is 6.15. The maximum Gasteiger partial charge on any atom is 0.229 e. The highest BCUT2D eigenvalue weighted by Gasteiger charge is 2.73. The number of para-hydroxylation sites is 1. The molecule has 1 aromatic carbocycles. The fourth-order valence-electron chi connectivity index (χ4n) is 7.31. The van der Waals surface area contributed by atoms with Crippen LogP contribution in [-0.4, -0.2) is 54.5 Å². The fraction of sp³-hybridized carbons (Fsp3) is 0.524. The Bertz CT molecular complexity index is 924. The number of carbonyl (C=O) groups excluding carboxylic acids is 2. The van der Waals surface area contributed by atoms with E-state index in [0.717, 1.165) is 25.2 Å². The molecule has 132 valence electrons. The van der Waals surface area contributed by atoms with Crippen LogP contribution in [0, 0.1) is 11.8 Å². The Labute approximate surface area is 151 Å². The van der Waals surface area contributed by atoms with E-state index in [2.05, 4.69) is 34.1 Å². The van der Waals surface area contributed by atoms with Gasteiger partial charge >= 0.3 is 0 Å². The molecule has 2 bridgehead atoms. The molecular weight excluding hydrogens is 328 g/mol. The van der Waals surface area contributed by atoms with Crippen LogP contribution in [0.5, 0.6) is 0 Å². The number of ether oxygens (including phenoxy) is 1. The molecule has 6 aliphatic rings. The third-order valence-corrected chi connectivity index (χ3v) is 7.98. The Morgan fingerprint density at radius 1 is 1.19 bits per heavy atom. The molecular formula is C21H20N2O3. The van der Waals surface area contributed by atoms with E-state index < -0.39 is 0 Å². The molecule has 5 heteroatoms. The summed E-state index contributed by atoms with van der Waals surface area (Å²) in [7, 11) is 0. The lowest BCUT2D eigenvalue weighted by atomic mass is 9.53. The second-order valence-corrected chi connectivity index (χ2v) is 8.70. The molecule has 7 rings (SSSR count). The number of amides is 1. The van der Waals surface area contributed by atoms with Crippen molar-refractivity contribution in [1.82, 2.24) is 4.90 Å². The molecule has 0 aromatic heterocycles. The molecule has 6 atom stereocenters. The van der Waals surface area contributed by atoms with Crippen molar-refractivity contribution in [2.75, 3.05) is 24.6 Å². The van der Waals surface area contributed by atoms with E-state index >= 15 is 0 Å². The van der Waals surface area contributed by atoms with Gasteiger partial charge in [0, 0.05) is 36.0 Å². The predicted octanol–water partition coefficient (Wildman–Crippen LogP) is 1.27. The largest absolute Gasteiger partial charge is 0.373 e. The average molecular weight is 348 g/mol. The van der Waals surface area contributed by atoms with Crippen LogP contribution in [-0.2, 0) is 19.7 Å². The zero-order valence-electron chi connectivity index (χ0n) is 14.4. The first-order valence-electron chi connectivity index (χ1n) is 9.72. The Balaban J connectivity index is 1.58. The second kappa shape index (κ2) is 4.29. The van der Waals surface area contributed by atoms with Crippen LogP contribution in [0.3, 0.4) is 0 Å². The van der Waals surface area contributed by atoms with Crippen LogP contribution in [0.2, 0.25) is 0 Å². The summed E-state index contributed by atoms with van der Waals surface area (Å²) in [4.78, 5) is 31.3. The SMILES string of the molecule is O=C1[C@H]2C3=CCOC4CC(=O)N5c6ccccc6[C@]6(CCN(C3)[C@H]16)C5[C@H]42. The molecule has 0 N–H and O–H groups in total. The lowest BCUT2D eigenvalue weighted by molar-refractivity contribution is -0.147. The van der Waals surface area contributed by atoms with Crippen molar-refractivity contribution in [3.05, 3.63) is 41.5 Å². The van der Waals surface area contributed by atoms with Crippen molar-refractivity contribution >= 4 is 17.4 Å². The third-order valence-electron chi connectivity index (χ3n) is 7.98. The van der Waals surface area contributed by atoms with Crippen molar-refractivity contribution < 1.29 is 14.3 Å². The van der Waals surface area contributed by atoms with Gasteiger partial charge in [-0.25, -0.2) is 0 Å². The van der Waals surface area contributed by atoms with Crippen molar-refractivity contribution in [2.45, 2.75) is 36.4 Å². The molecule has 2 unspecified atom stereocenters. The van der Waals surface area contributed by atoms with Crippen molar-refractivity contribution in [1.29, 1.82) is 0 Å². The van der Waals surface area contributed by atoms with Crippen molar-refractivity contribution in [3.8, 4) is 0 Å². The van der Waals surface area contributed by atoms with Gasteiger partial charge in [-0.1, -0.05) is 24.3 Å². The van der Waals surface area contributed by atoms with E-state index in [9.17, 15) is 9.59 Å². The van der Waals surface area contributed by atoms with Gasteiger partial charge in [-0.2, -0.15) is 0 Å². The van der Waals surface area contributed by atoms with Crippen molar-refractivity contribution in [2.24, 2.45) is 11.8 Å². The number of rotatable bonds is 0. The van der Waals surface area contributed by atoms with Crippen molar-refractivity contribution in [3.63, 3.8) is 0 Å². The highest BCUT2D eigenvalue weighted by atomic mass is 16.5. The Kier molecular flexibility index (Phi) is 2.33. The monoisotopic (exact) mass is 348 g/mol. The van der Waals surface area contributed by atoms with Gasteiger partial charge in [-0.15, -0.1) is 0 Å². The van der Waals surface area contributed by atoms with Gasteiger partial charge in [0.05, 0.1) is 31.2 Å². The molecule has 1 amide bonds. The lowest BCUT2D eigenvalue weighted by Gasteiger charge is -2.57. The second-order valence-electron chi connectivity index (χ2n) is 8.70. The summed E-state index contributed by atoms with van der Waals surface area (Å²) in [5.41, 5.74) is 3.25. The van der Waals surface area contributed by atoms with Crippen LogP contribution >= 0.6 is 0 Å². The topological polar surface area (TPSA) is 49.9 Å². The van der Waals surface area contributed by atoms with Gasteiger partial charge in [0.2, 0.25) is 5.91 Å². The van der Waals surface area contributed by atoms with Gasteiger partial charge < -0.3 is 9.64 Å². The summed E-state index contributed by atoms with van der Waals surface area (Å²) in [5.74, 6) is 0.570. The first-order chi connectivity index (χ1) is 12.7. The molecule has 1 aliphatic carbocycles. The van der Waals surface area contributed by atoms with E-state index in [0.29, 0.717) is 18.8 Å².